The lowest BCUT2D eigenvalue weighted by Crippen LogP contribution is -2.03. The summed E-state index contributed by atoms with van der Waals surface area (Å²) in [5.74, 6) is 0. The zero-order valence-corrected chi connectivity index (χ0v) is 7.78. The fraction of sp³-hybridized carbons (Fsp3) is 0.143. The molecule has 0 radical (unpaired) electrons. The molecule has 12 heavy (non-hydrogen) atoms. The van der Waals surface area contributed by atoms with Crippen molar-refractivity contribution in [2.24, 2.45) is 0 Å². The van der Waals surface area contributed by atoms with Gasteiger partial charge < -0.3 is 0 Å². The summed E-state index contributed by atoms with van der Waals surface area (Å²) in [7, 11) is -3.77. The minimum atomic E-state index is -3.77. The highest BCUT2D eigenvalue weighted by Gasteiger charge is 2.15. The minimum absolute atomic E-state index is 0.0594. The highest BCUT2D eigenvalue weighted by atomic mass is 32.2. The van der Waals surface area contributed by atoms with Crippen LogP contribution in [-0.4, -0.2) is 14.4 Å². The molecule has 0 atom stereocenters. The van der Waals surface area contributed by atoms with E-state index in [2.05, 4.69) is 12.6 Å². The van der Waals surface area contributed by atoms with Gasteiger partial charge in [0, 0.05) is 4.90 Å². The Labute approximate surface area is 75.7 Å². The second kappa shape index (κ2) is 3.45. The van der Waals surface area contributed by atoms with E-state index in [1.165, 1.54) is 18.2 Å². The molecule has 1 aromatic rings. The van der Waals surface area contributed by atoms with Gasteiger partial charge in [0.2, 0.25) is 9.84 Å². The first kappa shape index (κ1) is 9.54. The van der Waals surface area contributed by atoms with Crippen LogP contribution in [0, 0.1) is 0 Å². The van der Waals surface area contributed by atoms with Crippen molar-refractivity contribution in [3.63, 3.8) is 0 Å². The van der Waals surface area contributed by atoms with Crippen LogP contribution < -0.4 is 0 Å². The quantitative estimate of drug-likeness (QED) is 0.747. The number of hydrogen-bond donors (Lipinski definition) is 1. The number of sulfone groups is 1. The van der Waals surface area contributed by atoms with Crippen molar-refractivity contribution in [3.8, 4) is 0 Å². The molecule has 0 aliphatic carbocycles. The molecule has 0 unspecified atom stereocenters. The van der Waals surface area contributed by atoms with Crippen LogP contribution >= 0.6 is 12.6 Å². The van der Waals surface area contributed by atoms with Gasteiger partial charge in [-0.15, -0.1) is 12.6 Å². The molecule has 0 spiro atoms. The standard InChI is InChI=1S/C7H7FO2S2/c8-5-12(9,10)7-4-2-1-3-6(7)11/h1-4,11H,5H2. The largest absolute Gasteiger partial charge is 0.233 e. The maximum Gasteiger partial charge on any atom is 0.208 e. The second-order valence-electron chi connectivity index (χ2n) is 2.19. The van der Waals surface area contributed by atoms with E-state index in [-0.39, 0.29) is 9.79 Å². The Morgan fingerprint density at radius 2 is 1.92 bits per heavy atom. The van der Waals surface area contributed by atoms with Crippen LogP contribution in [0.25, 0.3) is 0 Å². The Hall–Kier alpha value is -0.550. The van der Waals surface area contributed by atoms with Crippen LogP contribution in [0.15, 0.2) is 34.1 Å². The summed E-state index contributed by atoms with van der Waals surface area (Å²) in [6.07, 6.45) is 0. The van der Waals surface area contributed by atoms with Crippen LogP contribution in [0.2, 0.25) is 0 Å². The second-order valence-corrected chi connectivity index (χ2v) is 4.56. The van der Waals surface area contributed by atoms with Gasteiger partial charge in [0.25, 0.3) is 0 Å². The van der Waals surface area contributed by atoms with E-state index in [0.29, 0.717) is 0 Å². The maximum atomic E-state index is 12.0. The molecule has 5 heteroatoms. The Bertz CT molecular complexity index is 373. The number of alkyl halides is 1. The lowest BCUT2D eigenvalue weighted by atomic mass is 10.4. The minimum Gasteiger partial charge on any atom is -0.233 e. The SMILES string of the molecule is O=S(=O)(CF)c1ccccc1S. The van der Waals surface area contributed by atoms with Crippen LogP contribution in [0.4, 0.5) is 4.39 Å². The van der Waals surface area contributed by atoms with Gasteiger partial charge >= 0.3 is 0 Å². The first-order valence-corrected chi connectivity index (χ1v) is 5.24. The van der Waals surface area contributed by atoms with Crippen LogP contribution in [0.5, 0.6) is 0 Å². The normalized spacial score (nSPS) is 11.5. The molecule has 1 rings (SSSR count). The van der Waals surface area contributed by atoms with Crippen molar-refractivity contribution in [1.29, 1.82) is 0 Å². The predicted octanol–water partition coefficient (Wildman–Crippen LogP) is 1.68. The molecule has 1 aromatic carbocycles. The maximum absolute atomic E-state index is 12.0. The Kier molecular flexibility index (Phi) is 2.74. The fourth-order valence-corrected chi connectivity index (χ4v) is 2.15. The molecular weight excluding hydrogens is 199 g/mol. The smallest absolute Gasteiger partial charge is 0.208 e. The van der Waals surface area contributed by atoms with Crippen molar-refractivity contribution in [2.45, 2.75) is 9.79 Å². The van der Waals surface area contributed by atoms with Gasteiger partial charge in [-0.05, 0) is 12.1 Å². The predicted molar refractivity (Wildman–Crippen MR) is 46.9 cm³/mol. The molecule has 0 saturated heterocycles. The molecular formula is C7H7FO2S2. The van der Waals surface area contributed by atoms with Gasteiger partial charge in [0.15, 0.2) is 6.01 Å². The van der Waals surface area contributed by atoms with Crippen LogP contribution in [-0.2, 0) is 9.84 Å². The van der Waals surface area contributed by atoms with E-state index in [4.69, 9.17) is 0 Å². The summed E-state index contributed by atoms with van der Waals surface area (Å²) in [5.41, 5.74) is 0. The van der Waals surface area contributed by atoms with Gasteiger partial charge in [-0.2, -0.15) is 0 Å². The van der Waals surface area contributed by atoms with Crippen molar-refractivity contribution < 1.29 is 12.8 Å². The first-order valence-electron chi connectivity index (χ1n) is 3.14. The molecule has 0 saturated carbocycles. The third-order valence-corrected chi connectivity index (χ3v) is 3.20. The van der Waals surface area contributed by atoms with Crippen molar-refractivity contribution in [2.75, 3.05) is 6.01 Å². The van der Waals surface area contributed by atoms with E-state index in [9.17, 15) is 12.8 Å². The summed E-state index contributed by atoms with van der Waals surface area (Å²) < 4.78 is 34.0. The van der Waals surface area contributed by atoms with E-state index in [1.54, 1.807) is 6.07 Å². The summed E-state index contributed by atoms with van der Waals surface area (Å²) >= 11 is 3.90. The summed E-state index contributed by atoms with van der Waals surface area (Å²) in [4.78, 5) is 0.214. The molecule has 0 aromatic heterocycles. The molecule has 0 fully saturated rings. The Balaban J connectivity index is 3.30. The van der Waals surface area contributed by atoms with Crippen molar-refractivity contribution in [3.05, 3.63) is 24.3 Å². The number of hydrogen-bond acceptors (Lipinski definition) is 3. The van der Waals surface area contributed by atoms with Gasteiger partial charge in [0.05, 0.1) is 4.90 Å². The molecule has 0 heterocycles. The van der Waals surface area contributed by atoms with Gasteiger partial charge in [-0.25, -0.2) is 12.8 Å². The highest BCUT2D eigenvalue weighted by Crippen LogP contribution is 2.19. The average Bonchev–Trinajstić information content (AvgIpc) is 2.05. The molecule has 0 amide bonds. The van der Waals surface area contributed by atoms with E-state index in [1.807, 2.05) is 0 Å². The number of thiol groups is 1. The molecule has 0 N–H and O–H groups in total. The number of benzene rings is 1. The fourth-order valence-electron chi connectivity index (χ4n) is 0.779. The molecule has 0 bridgehead atoms. The summed E-state index contributed by atoms with van der Waals surface area (Å²) in [6.45, 7) is 0. The third kappa shape index (κ3) is 1.78. The Morgan fingerprint density at radius 1 is 1.33 bits per heavy atom. The van der Waals surface area contributed by atoms with E-state index < -0.39 is 15.8 Å². The van der Waals surface area contributed by atoms with E-state index in [0.717, 1.165) is 0 Å². The first-order chi connectivity index (χ1) is 5.58. The third-order valence-electron chi connectivity index (χ3n) is 1.34. The molecule has 66 valence electrons. The highest BCUT2D eigenvalue weighted by molar-refractivity contribution is 7.92. The van der Waals surface area contributed by atoms with Crippen molar-refractivity contribution in [1.82, 2.24) is 0 Å². The molecule has 0 aliphatic rings. The van der Waals surface area contributed by atoms with Crippen molar-refractivity contribution >= 4 is 22.5 Å². The van der Waals surface area contributed by atoms with Gasteiger partial charge in [0.1, 0.15) is 0 Å². The lowest BCUT2D eigenvalue weighted by molar-refractivity contribution is 0.533. The summed E-state index contributed by atoms with van der Waals surface area (Å²) in [6, 6.07) is 4.62. The number of halogens is 1. The zero-order valence-electron chi connectivity index (χ0n) is 6.07. The average molecular weight is 206 g/mol. The number of rotatable bonds is 2. The van der Waals surface area contributed by atoms with Crippen LogP contribution in [0.3, 0.4) is 0 Å². The molecule has 0 aliphatic heterocycles. The lowest BCUT2D eigenvalue weighted by Gasteiger charge is -2.01. The monoisotopic (exact) mass is 206 g/mol. The topological polar surface area (TPSA) is 34.1 Å². The zero-order chi connectivity index (χ0) is 9.19. The van der Waals surface area contributed by atoms with Gasteiger partial charge in [-0.1, -0.05) is 12.1 Å². The molecule has 2 nitrogen and oxygen atoms in total. The Morgan fingerprint density at radius 3 is 2.42 bits per heavy atom. The van der Waals surface area contributed by atoms with Crippen LogP contribution in [0.1, 0.15) is 0 Å². The van der Waals surface area contributed by atoms with E-state index >= 15 is 0 Å². The van der Waals surface area contributed by atoms with Gasteiger partial charge in [-0.3, -0.25) is 0 Å². The summed E-state index contributed by atoms with van der Waals surface area (Å²) in [5, 5.41) is 0.